The quantitative estimate of drug-likeness (QED) is 0.801. The van der Waals surface area contributed by atoms with Crippen LogP contribution in [0, 0.1) is 0 Å². The summed E-state index contributed by atoms with van der Waals surface area (Å²) in [5, 5.41) is 4.47. The molecule has 7 nitrogen and oxygen atoms in total. The first-order chi connectivity index (χ1) is 12.6. The van der Waals surface area contributed by atoms with Crippen LogP contribution in [0.2, 0.25) is 0 Å². The highest BCUT2D eigenvalue weighted by atomic mass is 32.3. The Morgan fingerprint density at radius 1 is 1.30 bits per heavy atom. The molecule has 2 atom stereocenters. The number of sulfonamides is 1. The average molecular weight is 429 g/mol. The minimum atomic E-state index is -4.04. The van der Waals surface area contributed by atoms with E-state index in [1.165, 1.54) is 6.07 Å². The summed E-state index contributed by atoms with van der Waals surface area (Å²) in [7, 11) is -7.71. The van der Waals surface area contributed by atoms with Crippen LogP contribution in [0.25, 0.3) is 0 Å². The monoisotopic (exact) mass is 428 g/mol. The Kier molecular flexibility index (Phi) is 5.19. The number of carbonyl (C=O) groups excluding carboxylic acids is 1. The van der Waals surface area contributed by atoms with Gasteiger partial charge in [-0.1, -0.05) is 18.2 Å². The summed E-state index contributed by atoms with van der Waals surface area (Å²) >= 11 is 0.653. The summed E-state index contributed by atoms with van der Waals surface area (Å²) < 4.78 is 48.7. The van der Waals surface area contributed by atoms with Gasteiger partial charge in [0.2, 0.25) is 10.0 Å². The number of amides is 1. The molecule has 1 aromatic heterocycles. The van der Waals surface area contributed by atoms with Crippen LogP contribution < -0.4 is 5.14 Å². The SMILES string of the molecule is CCN(C(=O)c1ccccc1)[C@@H]1C[C@@H](C)S(=O)(=O)c2sc(S(N)(=O)=O)cc21. The van der Waals surface area contributed by atoms with E-state index in [-0.39, 0.29) is 20.7 Å². The molecule has 3 rings (SSSR count). The number of nitrogens with zero attached hydrogens (tertiary/aromatic N) is 1. The lowest BCUT2D eigenvalue weighted by Crippen LogP contribution is -2.40. The predicted octanol–water partition coefficient (Wildman–Crippen LogP) is 2.16. The zero-order valence-electron chi connectivity index (χ0n) is 14.8. The van der Waals surface area contributed by atoms with Crippen molar-refractivity contribution in [3.8, 4) is 0 Å². The van der Waals surface area contributed by atoms with Crippen LogP contribution in [0.15, 0.2) is 44.8 Å². The Balaban J connectivity index is 2.13. The van der Waals surface area contributed by atoms with Gasteiger partial charge in [0.15, 0.2) is 9.84 Å². The van der Waals surface area contributed by atoms with Crippen molar-refractivity contribution in [2.24, 2.45) is 5.14 Å². The molecule has 0 bridgehead atoms. The van der Waals surface area contributed by atoms with E-state index in [1.807, 2.05) is 0 Å². The van der Waals surface area contributed by atoms with Gasteiger partial charge in [-0.25, -0.2) is 22.0 Å². The summed E-state index contributed by atoms with van der Waals surface area (Å²) in [6, 6.07) is 9.45. The Hall–Kier alpha value is -1.75. The van der Waals surface area contributed by atoms with Crippen molar-refractivity contribution in [1.82, 2.24) is 4.90 Å². The highest BCUT2D eigenvalue weighted by Gasteiger charge is 2.42. The number of carbonyl (C=O) groups is 1. The number of fused-ring (bicyclic) bond motifs is 1. The van der Waals surface area contributed by atoms with Crippen LogP contribution in [0.3, 0.4) is 0 Å². The molecular weight excluding hydrogens is 408 g/mol. The third-order valence-electron chi connectivity index (χ3n) is 4.68. The van der Waals surface area contributed by atoms with Crippen molar-refractivity contribution in [3.05, 3.63) is 47.5 Å². The molecule has 0 fully saturated rings. The first-order valence-corrected chi connectivity index (χ1v) is 12.2. The van der Waals surface area contributed by atoms with Crippen molar-refractivity contribution < 1.29 is 21.6 Å². The molecule has 146 valence electrons. The molecule has 1 aromatic carbocycles. The van der Waals surface area contributed by atoms with Gasteiger partial charge in [-0.3, -0.25) is 4.79 Å². The van der Waals surface area contributed by atoms with Gasteiger partial charge in [0.25, 0.3) is 5.91 Å². The maximum Gasteiger partial charge on any atom is 0.254 e. The summed E-state index contributed by atoms with van der Waals surface area (Å²) in [5.41, 5.74) is 0.817. The molecule has 0 spiro atoms. The maximum atomic E-state index is 13.0. The maximum absolute atomic E-state index is 13.0. The lowest BCUT2D eigenvalue weighted by atomic mass is 10.0. The van der Waals surface area contributed by atoms with E-state index in [0.717, 1.165) is 0 Å². The molecule has 0 radical (unpaired) electrons. The highest BCUT2D eigenvalue weighted by Crippen LogP contribution is 2.45. The van der Waals surface area contributed by atoms with Crippen LogP contribution in [0.5, 0.6) is 0 Å². The van der Waals surface area contributed by atoms with Gasteiger partial charge in [-0.05, 0) is 38.5 Å². The standard InChI is InChI=1S/C17H20N2O5S3/c1-3-19(16(20)12-7-5-4-6-8-12)14-9-11(2)26(21,22)17-13(14)10-15(25-17)27(18,23)24/h4-8,10-11,14H,3,9H2,1-2H3,(H2,18,23,24)/t11-,14-/m1/s1. The molecule has 1 aliphatic heterocycles. The molecule has 0 saturated carbocycles. The van der Waals surface area contributed by atoms with E-state index in [4.69, 9.17) is 5.14 Å². The van der Waals surface area contributed by atoms with Crippen LogP contribution in [-0.4, -0.2) is 39.4 Å². The number of rotatable bonds is 4. The number of nitrogens with two attached hydrogens (primary N) is 1. The zero-order chi connectivity index (χ0) is 20.0. The first kappa shape index (κ1) is 20.0. The van der Waals surface area contributed by atoms with Gasteiger partial charge < -0.3 is 4.90 Å². The third kappa shape index (κ3) is 3.54. The Morgan fingerprint density at radius 3 is 2.48 bits per heavy atom. The summed E-state index contributed by atoms with van der Waals surface area (Å²) in [6.45, 7) is 3.73. The van der Waals surface area contributed by atoms with E-state index in [9.17, 15) is 21.6 Å². The number of hydrogen-bond donors (Lipinski definition) is 1. The van der Waals surface area contributed by atoms with Crippen molar-refractivity contribution in [3.63, 3.8) is 0 Å². The fourth-order valence-corrected chi connectivity index (χ4v) is 7.66. The molecule has 2 heterocycles. The second kappa shape index (κ2) is 7.01. The molecular formula is C17H20N2O5S3. The van der Waals surface area contributed by atoms with Crippen LogP contribution in [0.1, 0.15) is 42.2 Å². The van der Waals surface area contributed by atoms with Crippen molar-refractivity contribution >= 4 is 37.1 Å². The predicted molar refractivity (Wildman–Crippen MR) is 103 cm³/mol. The summed E-state index contributed by atoms with van der Waals surface area (Å²) in [4.78, 5) is 14.6. The van der Waals surface area contributed by atoms with Crippen LogP contribution >= 0.6 is 11.3 Å². The molecule has 2 aromatic rings. The molecule has 0 saturated heterocycles. The molecule has 0 aliphatic carbocycles. The van der Waals surface area contributed by atoms with E-state index >= 15 is 0 Å². The van der Waals surface area contributed by atoms with Crippen molar-refractivity contribution in [1.29, 1.82) is 0 Å². The lowest BCUT2D eigenvalue weighted by Gasteiger charge is -2.36. The minimum Gasteiger partial charge on any atom is -0.332 e. The Morgan fingerprint density at radius 2 is 1.93 bits per heavy atom. The largest absolute Gasteiger partial charge is 0.332 e. The number of primary sulfonamides is 1. The van der Waals surface area contributed by atoms with Crippen molar-refractivity contribution in [2.45, 2.75) is 40.0 Å². The molecule has 2 N–H and O–H groups in total. The van der Waals surface area contributed by atoms with E-state index in [1.54, 1.807) is 49.1 Å². The normalized spacial score (nSPS) is 21.4. The van der Waals surface area contributed by atoms with Gasteiger partial charge in [0.1, 0.15) is 8.42 Å². The van der Waals surface area contributed by atoms with Gasteiger partial charge in [-0.2, -0.15) is 0 Å². The Bertz CT molecular complexity index is 1080. The molecule has 27 heavy (non-hydrogen) atoms. The zero-order valence-corrected chi connectivity index (χ0v) is 17.3. The molecule has 0 unspecified atom stereocenters. The highest BCUT2D eigenvalue weighted by molar-refractivity contribution is 7.95. The molecule has 10 heteroatoms. The fourth-order valence-electron chi connectivity index (χ4n) is 3.26. The van der Waals surface area contributed by atoms with Gasteiger partial charge in [0, 0.05) is 17.7 Å². The van der Waals surface area contributed by atoms with Gasteiger partial charge >= 0.3 is 0 Å². The summed E-state index contributed by atoms with van der Waals surface area (Å²) in [5.74, 6) is -0.232. The van der Waals surface area contributed by atoms with Gasteiger partial charge in [0.05, 0.1) is 11.3 Å². The molecule has 1 amide bonds. The topological polar surface area (TPSA) is 115 Å². The van der Waals surface area contributed by atoms with E-state index < -0.39 is 31.2 Å². The lowest BCUT2D eigenvalue weighted by molar-refractivity contribution is 0.0673. The fraction of sp³-hybridized carbons (Fsp3) is 0.353. The van der Waals surface area contributed by atoms with Crippen LogP contribution in [-0.2, 0) is 19.9 Å². The minimum absolute atomic E-state index is 0.0189. The van der Waals surface area contributed by atoms with Crippen LogP contribution in [0.4, 0.5) is 0 Å². The van der Waals surface area contributed by atoms with Crippen molar-refractivity contribution in [2.75, 3.05) is 6.54 Å². The second-order valence-electron chi connectivity index (χ2n) is 6.42. The summed E-state index contributed by atoms with van der Waals surface area (Å²) in [6.07, 6.45) is 0.197. The first-order valence-electron chi connectivity index (χ1n) is 8.33. The van der Waals surface area contributed by atoms with E-state index in [2.05, 4.69) is 0 Å². The van der Waals surface area contributed by atoms with Gasteiger partial charge in [-0.15, -0.1) is 11.3 Å². The molecule has 1 aliphatic rings. The average Bonchev–Trinajstić information content (AvgIpc) is 3.08. The smallest absolute Gasteiger partial charge is 0.254 e. The number of hydrogen-bond acceptors (Lipinski definition) is 6. The van der Waals surface area contributed by atoms with E-state index in [0.29, 0.717) is 29.0 Å². The second-order valence-corrected chi connectivity index (χ2v) is 11.8. The number of thiophene rings is 1. The number of sulfone groups is 1. The number of benzene rings is 1. The third-order valence-corrected chi connectivity index (χ3v) is 10.0. The Labute approximate surface area is 162 Å².